The SMILES string of the molecule is Cc1nnc(N2C[C@@H](F)C[C@H]2CNCc2cnc3ccccn23)o1. The van der Waals surface area contributed by atoms with Crippen molar-refractivity contribution in [1.82, 2.24) is 24.9 Å². The van der Waals surface area contributed by atoms with Gasteiger partial charge in [0, 0.05) is 38.7 Å². The molecule has 1 fully saturated rings. The Balaban J connectivity index is 1.41. The van der Waals surface area contributed by atoms with Crippen LogP contribution in [0, 0.1) is 6.92 Å². The van der Waals surface area contributed by atoms with Crippen LogP contribution in [0.5, 0.6) is 0 Å². The Morgan fingerprint density at radius 1 is 1.38 bits per heavy atom. The van der Waals surface area contributed by atoms with Crippen LogP contribution in [-0.4, -0.2) is 44.9 Å². The van der Waals surface area contributed by atoms with E-state index in [0.717, 1.165) is 11.3 Å². The van der Waals surface area contributed by atoms with Crippen LogP contribution in [0.3, 0.4) is 0 Å². The summed E-state index contributed by atoms with van der Waals surface area (Å²) in [7, 11) is 0. The van der Waals surface area contributed by atoms with Gasteiger partial charge in [0.25, 0.3) is 0 Å². The van der Waals surface area contributed by atoms with E-state index in [-0.39, 0.29) is 6.04 Å². The highest BCUT2D eigenvalue weighted by Crippen LogP contribution is 2.25. The van der Waals surface area contributed by atoms with Crippen molar-refractivity contribution >= 4 is 11.7 Å². The van der Waals surface area contributed by atoms with Crippen molar-refractivity contribution in [2.75, 3.05) is 18.0 Å². The zero-order valence-corrected chi connectivity index (χ0v) is 13.4. The number of aromatic nitrogens is 4. The molecule has 24 heavy (non-hydrogen) atoms. The van der Waals surface area contributed by atoms with Gasteiger partial charge in [0.2, 0.25) is 5.89 Å². The molecule has 0 radical (unpaired) electrons. The second-order valence-corrected chi connectivity index (χ2v) is 6.05. The number of hydrogen-bond acceptors (Lipinski definition) is 6. The summed E-state index contributed by atoms with van der Waals surface area (Å²) in [5.74, 6) is 0.491. The molecule has 0 aliphatic carbocycles. The Hall–Kier alpha value is -2.48. The summed E-state index contributed by atoms with van der Waals surface area (Å²) in [6, 6.07) is 6.30. The molecule has 4 rings (SSSR count). The second kappa shape index (κ2) is 6.20. The molecule has 0 unspecified atom stereocenters. The lowest BCUT2D eigenvalue weighted by Crippen LogP contribution is -2.38. The number of hydrogen-bond donors (Lipinski definition) is 1. The molecular formula is C16H19FN6O. The van der Waals surface area contributed by atoms with E-state index < -0.39 is 6.17 Å². The minimum Gasteiger partial charge on any atom is -0.408 e. The summed E-state index contributed by atoms with van der Waals surface area (Å²) < 4.78 is 21.3. The number of imidazole rings is 1. The number of nitrogens with one attached hydrogen (secondary N) is 1. The first-order valence-corrected chi connectivity index (χ1v) is 8.03. The van der Waals surface area contributed by atoms with Gasteiger partial charge in [-0.1, -0.05) is 11.2 Å². The first kappa shape index (κ1) is 15.1. The molecule has 0 amide bonds. The molecule has 4 heterocycles. The number of fused-ring (bicyclic) bond motifs is 1. The van der Waals surface area contributed by atoms with Gasteiger partial charge in [-0.25, -0.2) is 9.37 Å². The summed E-state index contributed by atoms with van der Waals surface area (Å²) in [6.07, 6.45) is 3.43. The number of rotatable bonds is 5. The van der Waals surface area contributed by atoms with Crippen LogP contribution >= 0.6 is 0 Å². The van der Waals surface area contributed by atoms with E-state index >= 15 is 0 Å². The molecule has 1 aliphatic heterocycles. The van der Waals surface area contributed by atoms with Gasteiger partial charge in [-0.2, -0.15) is 0 Å². The molecule has 1 aliphatic rings. The van der Waals surface area contributed by atoms with E-state index in [1.54, 1.807) is 6.92 Å². The highest BCUT2D eigenvalue weighted by Gasteiger charge is 2.34. The Morgan fingerprint density at radius 3 is 3.12 bits per heavy atom. The third kappa shape index (κ3) is 2.84. The van der Waals surface area contributed by atoms with E-state index in [1.807, 2.05) is 39.9 Å². The molecule has 0 saturated carbocycles. The number of alkyl halides is 1. The van der Waals surface area contributed by atoms with E-state index in [0.29, 0.717) is 38.0 Å². The minimum absolute atomic E-state index is 0.000893. The number of anilines is 1. The van der Waals surface area contributed by atoms with Crippen molar-refractivity contribution in [3.8, 4) is 0 Å². The van der Waals surface area contributed by atoms with E-state index in [1.165, 1.54) is 0 Å². The van der Waals surface area contributed by atoms with Crippen molar-refractivity contribution in [1.29, 1.82) is 0 Å². The van der Waals surface area contributed by atoms with Crippen LogP contribution in [0.15, 0.2) is 35.0 Å². The maximum atomic E-state index is 13.9. The number of halogens is 1. The normalized spacial score (nSPS) is 21.0. The Kier molecular flexibility index (Phi) is 3.89. The predicted octanol–water partition coefficient (Wildman–Crippen LogP) is 1.73. The standard InChI is InChI=1S/C16H19FN6O/c1-11-20-21-16(24-11)23-10-12(17)6-13(23)7-18-8-14-9-19-15-4-2-3-5-22(14)15/h2-5,9,12-13,18H,6-8,10H2,1H3/t12-,13-/m0/s1. The number of aryl methyl sites for hydroxylation is 1. The van der Waals surface area contributed by atoms with E-state index in [4.69, 9.17) is 4.42 Å². The molecule has 3 aromatic heterocycles. The molecule has 0 spiro atoms. The van der Waals surface area contributed by atoms with Crippen LogP contribution in [0.4, 0.5) is 10.4 Å². The van der Waals surface area contributed by atoms with Gasteiger partial charge >= 0.3 is 6.01 Å². The molecule has 8 heteroatoms. The largest absolute Gasteiger partial charge is 0.408 e. The molecule has 3 aromatic rings. The topological polar surface area (TPSA) is 71.5 Å². The summed E-state index contributed by atoms with van der Waals surface area (Å²) in [4.78, 5) is 6.22. The Bertz CT molecular complexity index is 831. The van der Waals surface area contributed by atoms with Gasteiger partial charge in [-0.15, -0.1) is 5.10 Å². The fraction of sp³-hybridized carbons (Fsp3) is 0.438. The molecular weight excluding hydrogens is 311 g/mol. The average Bonchev–Trinajstić information content (AvgIpc) is 3.27. The quantitative estimate of drug-likeness (QED) is 0.768. The third-order valence-corrected chi connectivity index (χ3v) is 4.30. The molecule has 0 bridgehead atoms. The van der Waals surface area contributed by atoms with Gasteiger partial charge in [-0.05, 0) is 12.1 Å². The first-order chi connectivity index (χ1) is 11.7. The number of pyridine rings is 1. The van der Waals surface area contributed by atoms with Crippen LogP contribution in [0.2, 0.25) is 0 Å². The monoisotopic (exact) mass is 330 g/mol. The van der Waals surface area contributed by atoms with E-state index in [9.17, 15) is 4.39 Å². The molecule has 1 saturated heterocycles. The highest BCUT2D eigenvalue weighted by molar-refractivity contribution is 5.39. The summed E-state index contributed by atoms with van der Waals surface area (Å²) in [6.45, 7) is 3.33. The van der Waals surface area contributed by atoms with Crippen molar-refractivity contribution in [3.05, 3.63) is 42.2 Å². The van der Waals surface area contributed by atoms with Gasteiger partial charge in [-0.3, -0.25) is 0 Å². The van der Waals surface area contributed by atoms with Crippen LogP contribution in [0.1, 0.15) is 18.0 Å². The smallest absolute Gasteiger partial charge is 0.318 e. The highest BCUT2D eigenvalue weighted by atomic mass is 19.1. The maximum Gasteiger partial charge on any atom is 0.318 e. The van der Waals surface area contributed by atoms with Crippen molar-refractivity contribution in [3.63, 3.8) is 0 Å². The third-order valence-electron chi connectivity index (χ3n) is 4.30. The van der Waals surface area contributed by atoms with Crippen LogP contribution in [-0.2, 0) is 6.54 Å². The Morgan fingerprint density at radius 2 is 2.29 bits per heavy atom. The second-order valence-electron chi connectivity index (χ2n) is 6.05. The molecule has 126 valence electrons. The van der Waals surface area contributed by atoms with Gasteiger partial charge in [0.1, 0.15) is 11.8 Å². The van der Waals surface area contributed by atoms with Crippen molar-refractivity contribution in [2.45, 2.75) is 32.1 Å². The Labute approximate surface area is 138 Å². The molecule has 2 atom stereocenters. The minimum atomic E-state index is -0.875. The molecule has 0 aromatic carbocycles. The lowest BCUT2D eigenvalue weighted by atomic mass is 10.2. The van der Waals surface area contributed by atoms with Gasteiger partial charge in [0.05, 0.1) is 18.4 Å². The zero-order valence-electron chi connectivity index (χ0n) is 13.4. The van der Waals surface area contributed by atoms with Crippen LogP contribution in [0.25, 0.3) is 5.65 Å². The molecule has 7 nitrogen and oxygen atoms in total. The fourth-order valence-electron chi connectivity index (χ4n) is 3.17. The summed E-state index contributed by atoms with van der Waals surface area (Å²) in [5.41, 5.74) is 1.99. The van der Waals surface area contributed by atoms with Gasteiger partial charge in [0.15, 0.2) is 0 Å². The lowest BCUT2D eigenvalue weighted by molar-refractivity contribution is 0.354. The van der Waals surface area contributed by atoms with Crippen LogP contribution < -0.4 is 10.2 Å². The fourth-order valence-corrected chi connectivity index (χ4v) is 3.17. The van der Waals surface area contributed by atoms with Crippen molar-refractivity contribution in [2.24, 2.45) is 0 Å². The predicted molar refractivity (Wildman–Crippen MR) is 86.6 cm³/mol. The lowest BCUT2D eigenvalue weighted by Gasteiger charge is -2.22. The number of nitrogens with zero attached hydrogens (tertiary/aromatic N) is 5. The molecule has 1 N–H and O–H groups in total. The van der Waals surface area contributed by atoms with Crippen molar-refractivity contribution < 1.29 is 8.81 Å². The first-order valence-electron chi connectivity index (χ1n) is 8.03. The average molecular weight is 330 g/mol. The zero-order chi connectivity index (χ0) is 16.5. The summed E-state index contributed by atoms with van der Waals surface area (Å²) >= 11 is 0. The maximum absolute atomic E-state index is 13.9. The van der Waals surface area contributed by atoms with Gasteiger partial charge < -0.3 is 19.0 Å². The summed E-state index contributed by atoms with van der Waals surface area (Å²) in [5, 5.41) is 11.2. The van der Waals surface area contributed by atoms with E-state index in [2.05, 4.69) is 20.5 Å².